The van der Waals surface area contributed by atoms with E-state index in [1.165, 1.54) is 14.2 Å². The van der Waals surface area contributed by atoms with Crippen LogP contribution in [0.4, 0.5) is 0 Å². The van der Waals surface area contributed by atoms with Crippen LogP contribution in [0, 0.1) is 17.3 Å². The maximum atomic E-state index is 12.1. The molecule has 0 aliphatic heterocycles. The van der Waals surface area contributed by atoms with Crippen molar-refractivity contribution in [2.24, 2.45) is 17.3 Å². The van der Waals surface area contributed by atoms with Crippen LogP contribution in [-0.2, 0) is 19.1 Å². The van der Waals surface area contributed by atoms with E-state index >= 15 is 0 Å². The molecule has 2 aliphatic rings. The van der Waals surface area contributed by atoms with Crippen LogP contribution in [-0.4, -0.2) is 26.2 Å². The minimum absolute atomic E-state index is 0.132. The molecule has 0 aromatic carbocycles. The molecule has 4 heteroatoms. The quantitative estimate of drug-likeness (QED) is 0.554. The van der Waals surface area contributed by atoms with E-state index < -0.39 is 17.4 Å². The number of ether oxygens (including phenoxy) is 2. The van der Waals surface area contributed by atoms with Gasteiger partial charge >= 0.3 is 11.9 Å². The summed E-state index contributed by atoms with van der Waals surface area (Å²) in [6, 6.07) is 0. The number of rotatable bonds is 2. The Morgan fingerprint density at radius 2 is 1.83 bits per heavy atom. The first kappa shape index (κ1) is 12.9. The fourth-order valence-corrected chi connectivity index (χ4v) is 3.19. The topological polar surface area (TPSA) is 52.6 Å². The smallest absolute Gasteiger partial charge is 0.323 e. The fraction of sp³-hybridized carbons (Fsp3) is 0.571. The van der Waals surface area contributed by atoms with Crippen molar-refractivity contribution in [3.8, 4) is 0 Å². The minimum atomic E-state index is -1.16. The second-order valence-electron chi connectivity index (χ2n) is 4.83. The number of carbonyl (C=O) groups excluding carboxylic acids is 2. The Balaban J connectivity index is 2.42. The van der Waals surface area contributed by atoms with E-state index in [1.54, 1.807) is 0 Å². The van der Waals surface area contributed by atoms with Crippen molar-refractivity contribution in [2.45, 2.75) is 19.3 Å². The molecule has 0 N–H and O–H groups in total. The number of allylic oxidation sites excluding steroid dienone is 4. The first-order chi connectivity index (χ1) is 8.66. The average molecular weight is 250 g/mol. The number of hydrogen-bond donors (Lipinski definition) is 0. The first-order valence-electron chi connectivity index (χ1n) is 6.17. The van der Waals surface area contributed by atoms with Gasteiger partial charge in [-0.05, 0) is 25.2 Å². The van der Waals surface area contributed by atoms with Gasteiger partial charge in [-0.3, -0.25) is 9.59 Å². The van der Waals surface area contributed by atoms with Gasteiger partial charge < -0.3 is 9.47 Å². The van der Waals surface area contributed by atoms with Crippen LogP contribution in [0.5, 0.6) is 0 Å². The zero-order valence-electron chi connectivity index (χ0n) is 10.7. The largest absolute Gasteiger partial charge is 0.468 e. The number of esters is 2. The maximum absolute atomic E-state index is 12.1. The lowest BCUT2D eigenvalue weighted by Gasteiger charge is -2.29. The number of carbonyl (C=O) groups is 2. The van der Waals surface area contributed by atoms with Crippen LogP contribution in [0.1, 0.15) is 19.3 Å². The van der Waals surface area contributed by atoms with Crippen LogP contribution >= 0.6 is 0 Å². The molecular weight excluding hydrogens is 232 g/mol. The van der Waals surface area contributed by atoms with Crippen LogP contribution < -0.4 is 0 Å². The van der Waals surface area contributed by atoms with Crippen LogP contribution in [0.2, 0.25) is 0 Å². The molecule has 0 spiro atoms. The van der Waals surface area contributed by atoms with Gasteiger partial charge in [-0.1, -0.05) is 24.3 Å². The lowest BCUT2D eigenvalue weighted by atomic mass is 9.74. The summed E-state index contributed by atoms with van der Waals surface area (Å²) < 4.78 is 9.71. The molecule has 0 saturated heterocycles. The summed E-state index contributed by atoms with van der Waals surface area (Å²) in [7, 11) is 2.64. The lowest BCUT2D eigenvalue weighted by molar-refractivity contribution is -0.171. The molecule has 0 aromatic heterocycles. The third-order valence-electron chi connectivity index (χ3n) is 4.09. The molecular formula is C14H18O4. The molecule has 0 bridgehead atoms. The van der Waals surface area contributed by atoms with E-state index in [-0.39, 0.29) is 5.92 Å². The Kier molecular flexibility index (Phi) is 3.55. The summed E-state index contributed by atoms with van der Waals surface area (Å²) in [6.07, 6.45) is 10.1. The van der Waals surface area contributed by atoms with Crippen LogP contribution in [0.25, 0.3) is 0 Å². The molecule has 0 heterocycles. The zero-order chi connectivity index (χ0) is 13.2. The monoisotopic (exact) mass is 250 g/mol. The van der Waals surface area contributed by atoms with E-state index in [0.717, 1.165) is 12.8 Å². The van der Waals surface area contributed by atoms with Gasteiger partial charge in [0, 0.05) is 5.92 Å². The van der Waals surface area contributed by atoms with Crippen LogP contribution in [0.3, 0.4) is 0 Å². The molecule has 0 amide bonds. The van der Waals surface area contributed by atoms with E-state index in [1.807, 2.05) is 18.2 Å². The highest BCUT2D eigenvalue weighted by Crippen LogP contribution is 2.51. The van der Waals surface area contributed by atoms with Crippen molar-refractivity contribution in [2.75, 3.05) is 14.2 Å². The SMILES string of the molecule is COC(=O)C1(C(=O)OC)CC[C@H]2CC=CC=C[C@@H]21. The summed E-state index contributed by atoms with van der Waals surface area (Å²) in [5.41, 5.74) is -1.16. The van der Waals surface area contributed by atoms with Crippen molar-refractivity contribution in [1.29, 1.82) is 0 Å². The van der Waals surface area contributed by atoms with Gasteiger partial charge in [0.1, 0.15) is 0 Å². The molecule has 2 aliphatic carbocycles. The summed E-state index contributed by atoms with van der Waals surface area (Å²) in [4.78, 5) is 24.3. The number of hydrogen-bond acceptors (Lipinski definition) is 4. The first-order valence-corrected chi connectivity index (χ1v) is 6.17. The van der Waals surface area contributed by atoms with Crippen molar-refractivity contribution in [3.05, 3.63) is 24.3 Å². The number of methoxy groups -OCH3 is 2. The predicted octanol–water partition coefficient (Wildman–Crippen LogP) is 1.86. The molecule has 0 unspecified atom stereocenters. The molecule has 4 nitrogen and oxygen atoms in total. The van der Waals surface area contributed by atoms with Gasteiger partial charge in [0.05, 0.1) is 14.2 Å². The standard InChI is InChI=1S/C14H18O4/c1-17-12(15)14(13(16)18-2)9-8-10-6-4-3-5-7-11(10)14/h3-5,7,10-11H,6,8-9H2,1-2H3/t10-,11+/m1/s1. The molecule has 18 heavy (non-hydrogen) atoms. The molecule has 0 radical (unpaired) electrons. The molecule has 1 fully saturated rings. The Hall–Kier alpha value is -1.58. The summed E-state index contributed by atoms with van der Waals surface area (Å²) in [5, 5.41) is 0. The van der Waals surface area contributed by atoms with Gasteiger partial charge in [-0.15, -0.1) is 0 Å². The third kappa shape index (κ3) is 1.76. The van der Waals surface area contributed by atoms with E-state index in [0.29, 0.717) is 12.3 Å². The molecule has 2 rings (SSSR count). The van der Waals surface area contributed by atoms with E-state index in [4.69, 9.17) is 9.47 Å². The van der Waals surface area contributed by atoms with Gasteiger partial charge in [-0.2, -0.15) is 0 Å². The summed E-state index contributed by atoms with van der Waals surface area (Å²) in [6.45, 7) is 0. The lowest BCUT2D eigenvalue weighted by Crippen LogP contribution is -2.44. The average Bonchev–Trinajstić information content (AvgIpc) is 2.60. The zero-order valence-corrected chi connectivity index (χ0v) is 10.7. The Bertz CT molecular complexity index is 392. The van der Waals surface area contributed by atoms with Gasteiger partial charge in [-0.25, -0.2) is 0 Å². The fourth-order valence-electron chi connectivity index (χ4n) is 3.19. The molecule has 1 saturated carbocycles. The van der Waals surface area contributed by atoms with Gasteiger partial charge in [0.2, 0.25) is 0 Å². The highest BCUT2D eigenvalue weighted by Gasteiger charge is 2.59. The molecule has 98 valence electrons. The van der Waals surface area contributed by atoms with Gasteiger partial charge in [0.15, 0.2) is 5.41 Å². The highest BCUT2D eigenvalue weighted by molar-refractivity contribution is 6.01. The summed E-state index contributed by atoms with van der Waals surface area (Å²) in [5.74, 6) is -0.785. The van der Waals surface area contributed by atoms with Crippen LogP contribution in [0.15, 0.2) is 24.3 Å². The van der Waals surface area contributed by atoms with E-state index in [9.17, 15) is 9.59 Å². The highest BCUT2D eigenvalue weighted by atomic mass is 16.5. The molecule has 2 atom stereocenters. The molecule has 0 aromatic rings. The van der Waals surface area contributed by atoms with E-state index in [2.05, 4.69) is 6.08 Å². The normalized spacial score (nSPS) is 28.3. The predicted molar refractivity (Wildman–Crippen MR) is 65.6 cm³/mol. The summed E-state index contributed by atoms with van der Waals surface area (Å²) >= 11 is 0. The maximum Gasteiger partial charge on any atom is 0.323 e. The second kappa shape index (κ2) is 4.96. The Morgan fingerprint density at radius 3 is 2.44 bits per heavy atom. The van der Waals surface area contributed by atoms with Crippen molar-refractivity contribution in [3.63, 3.8) is 0 Å². The minimum Gasteiger partial charge on any atom is -0.468 e. The van der Waals surface area contributed by atoms with Crippen molar-refractivity contribution < 1.29 is 19.1 Å². The Morgan fingerprint density at radius 1 is 1.17 bits per heavy atom. The number of fused-ring (bicyclic) bond motifs is 1. The van der Waals surface area contributed by atoms with Gasteiger partial charge in [0.25, 0.3) is 0 Å². The Labute approximate surface area is 107 Å². The second-order valence-corrected chi connectivity index (χ2v) is 4.83. The van der Waals surface area contributed by atoms with Crippen molar-refractivity contribution in [1.82, 2.24) is 0 Å². The van der Waals surface area contributed by atoms with Crippen molar-refractivity contribution >= 4 is 11.9 Å². The third-order valence-corrected chi connectivity index (χ3v) is 4.09.